The molecule has 0 atom stereocenters. The number of imidazole rings is 1. The van der Waals surface area contributed by atoms with Crippen LogP contribution in [0.25, 0.3) is 11.0 Å². The molecule has 0 unspecified atom stereocenters. The number of para-hydroxylation sites is 1. The molecule has 0 fully saturated rings. The highest BCUT2D eigenvalue weighted by Crippen LogP contribution is 2.20. The largest absolute Gasteiger partial charge is 0.453 e. The van der Waals surface area contributed by atoms with Gasteiger partial charge in [-0.05, 0) is 18.6 Å². The van der Waals surface area contributed by atoms with Crippen LogP contribution in [0.4, 0.5) is 0 Å². The fourth-order valence-electron chi connectivity index (χ4n) is 2.30. The van der Waals surface area contributed by atoms with Crippen molar-refractivity contribution in [2.24, 2.45) is 0 Å². The minimum atomic E-state index is -0.0373. The average molecular weight is 268 g/mol. The van der Waals surface area contributed by atoms with Crippen LogP contribution >= 0.6 is 0 Å². The molecule has 0 saturated heterocycles. The average Bonchev–Trinajstić information content (AvgIpc) is 3.06. The van der Waals surface area contributed by atoms with Gasteiger partial charge in [-0.3, -0.25) is 4.79 Å². The fraction of sp³-hybridized carbons (Fsp3) is 0.250. The molecule has 4 heteroatoms. The molecule has 0 aliphatic heterocycles. The number of aryl methyl sites for hydroxylation is 1. The van der Waals surface area contributed by atoms with E-state index in [2.05, 4.69) is 11.9 Å². The smallest absolute Gasteiger partial charge is 0.205 e. The first-order chi connectivity index (χ1) is 9.78. The van der Waals surface area contributed by atoms with E-state index in [0.29, 0.717) is 5.76 Å². The van der Waals surface area contributed by atoms with Crippen LogP contribution in [0, 0.1) is 0 Å². The van der Waals surface area contributed by atoms with Gasteiger partial charge >= 0.3 is 0 Å². The van der Waals surface area contributed by atoms with Gasteiger partial charge in [0.2, 0.25) is 5.78 Å². The van der Waals surface area contributed by atoms with E-state index in [-0.39, 0.29) is 12.2 Å². The van der Waals surface area contributed by atoms with E-state index in [1.807, 2.05) is 35.0 Å². The highest BCUT2D eigenvalue weighted by Gasteiger charge is 2.15. The van der Waals surface area contributed by atoms with Gasteiger partial charge in [-0.1, -0.05) is 25.1 Å². The van der Waals surface area contributed by atoms with Crippen LogP contribution < -0.4 is 0 Å². The van der Waals surface area contributed by atoms with Gasteiger partial charge in [0.15, 0.2) is 5.76 Å². The number of rotatable bonds is 5. The molecule has 3 rings (SSSR count). The normalized spacial score (nSPS) is 11.1. The van der Waals surface area contributed by atoms with E-state index in [1.165, 1.54) is 0 Å². The van der Waals surface area contributed by atoms with Crippen LogP contribution in [0.15, 0.2) is 47.1 Å². The van der Waals surface area contributed by atoms with Crippen LogP contribution in [0.5, 0.6) is 0 Å². The third kappa shape index (κ3) is 2.37. The van der Waals surface area contributed by atoms with E-state index in [1.54, 1.807) is 12.3 Å². The van der Waals surface area contributed by atoms with Gasteiger partial charge in [0.05, 0.1) is 6.42 Å². The lowest BCUT2D eigenvalue weighted by atomic mass is 10.2. The number of fused-ring (bicyclic) bond motifs is 1. The Morgan fingerprint density at radius 3 is 3.00 bits per heavy atom. The van der Waals surface area contributed by atoms with E-state index in [0.717, 1.165) is 29.8 Å². The first-order valence-corrected chi connectivity index (χ1v) is 6.79. The molecule has 2 heterocycles. The number of Topliss-reactive ketones (excluding diaryl/α,β-unsaturated/α-hetero) is 1. The maximum Gasteiger partial charge on any atom is 0.205 e. The first-order valence-electron chi connectivity index (χ1n) is 6.79. The maximum absolute atomic E-state index is 12.3. The van der Waals surface area contributed by atoms with Crippen molar-refractivity contribution in [3.8, 4) is 0 Å². The predicted octanol–water partition coefficient (Wildman–Crippen LogP) is 3.46. The quantitative estimate of drug-likeness (QED) is 0.666. The monoisotopic (exact) mass is 268 g/mol. The summed E-state index contributed by atoms with van der Waals surface area (Å²) in [6, 6.07) is 9.43. The van der Waals surface area contributed by atoms with Crippen molar-refractivity contribution in [2.75, 3.05) is 0 Å². The van der Waals surface area contributed by atoms with Gasteiger partial charge < -0.3 is 8.98 Å². The number of aromatic nitrogens is 2. The second-order valence-corrected chi connectivity index (χ2v) is 4.79. The number of hydrogen-bond donors (Lipinski definition) is 0. The number of benzene rings is 1. The van der Waals surface area contributed by atoms with Crippen LogP contribution in [0.1, 0.15) is 29.7 Å². The van der Waals surface area contributed by atoms with Crippen LogP contribution in [0.3, 0.4) is 0 Å². The lowest BCUT2D eigenvalue weighted by molar-refractivity contribution is 0.0965. The van der Waals surface area contributed by atoms with E-state index >= 15 is 0 Å². The molecule has 3 aromatic rings. The Morgan fingerprint density at radius 1 is 1.35 bits per heavy atom. The van der Waals surface area contributed by atoms with Crippen LogP contribution in [0.2, 0.25) is 0 Å². The predicted molar refractivity (Wildman–Crippen MR) is 76.8 cm³/mol. The summed E-state index contributed by atoms with van der Waals surface area (Å²) in [4.78, 5) is 16.5. The Morgan fingerprint density at radius 2 is 2.20 bits per heavy atom. The van der Waals surface area contributed by atoms with E-state index in [9.17, 15) is 4.79 Å². The molecule has 0 radical (unpaired) electrons. The summed E-state index contributed by atoms with van der Waals surface area (Å²) in [6.07, 6.45) is 4.93. The molecule has 20 heavy (non-hydrogen) atoms. The molecule has 4 nitrogen and oxygen atoms in total. The number of nitrogens with zero attached hydrogens (tertiary/aromatic N) is 2. The van der Waals surface area contributed by atoms with Gasteiger partial charge in [0.25, 0.3) is 0 Å². The number of furan rings is 1. The Labute approximate surface area is 117 Å². The summed E-state index contributed by atoms with van der Waals surface area (Å²) < 4.78 is 7.61. The van der Waals surface area contributed by atoms with Crippen LogP contribution in [-0.4, -0.2) is 15.3 Å². The lowest BCUT2D eigenvalue weighted by Gasteiger charge is -2.04. The van der Waals surface area contributed by atoms with Crippen molar-refractivity contribution in [1.29, 1.82) is 0 Å². The first kappa shape index (κ1) is 12.7. The Kier molecular flexibility index (Phi) is 3.37. The van der Waals surface area contributed by atoms with Crippen molar-refractivity contribution in [1.82, 2.24) is 9.55 Å². The summed E-state index contributed by atoms with van der Waals surface area (Å²) in [7, 11) is 0. The van der Waals surface area contributed by atoms with Crippen molar-refractivity contribution < 1.29 is 9.21 Å². The third-order valence-electron chi connectivity index (χ3n) is 3.29. The van der Waals surface area contributed by atoms with Gasteiger partial charge in [-0.15, -0.1) is 0 Å². The minimum Gasteiger partial charge on any atom is -0.453 e. The fourth-order valence-corrected chi connectivity index (χ4v) is 2.30. The van der Waals surface area contributed by atoms with Crippen molar-refractivity contribution in [2.45, 2.75) is 26.3 Å². The summed E-state index contributed by atoms with van der Waals surface area (Å²) in [5, 5.41) is 0.952. The Hall–Kier alpha value is -2.36. The molecule has 0 aliphatic rings. The zero-order chi connectivity index (χ0) is 13.9. The number of hydrogen-bond acceptors (Lipinski definition) is 3. The molecule has 0 bridgehead atoms. The van der Waals surface area contributed by atoms with E-state index in [4.69, 9.17) is 4.42 Å². The van der Waals surface area contributed by atoms with Gasteiger partial charge in [-0.25, -0.2) is 4.98 Å². The summed E-state index contributed by atoms with van der Waals surface area (Å²) in [5.74, 6) is 1.15. The van der Waals surface area contributed by atoms with Crippen molar-refractivity contribution in [3.05, 3.63) is 54.3 Å². The van der Waals surface area contributed by atoms with Crippen molar-refractivity contribution >= 4 is 16.8 Å². The summed E-state index contributed by atoms with van der Waals surface area (Å²) in [5.41, 5.74) is 0.743. The molecule has 0 amide bonds. The van der Waals surface area contributed by atoms with E-state index < -0.39 is 0 Å². The molecule has 1 aromatic carbocycles. The lowest BCUT2D eigenvalue weighted by Crippen LogP contribution is -2.09. The molecule has 0 aliphatic carbocycles. The third-order valence-corrected chi connectivity index (χ3v) is 3.29. The molecular weight excluding hydrogens is 252 g/mol. The molecule has 102 valence electrons. The Bertz CT molecular complexity index is 707. The second-order valence-electron chi connectivity index (χ2n) is 4.79. The van der Waals surface area contributed by atoms with Crippen molar-refractivity contribution in [3.63, 3.8) is 0 Å². The zero-order valence-electron chi connectivity index (χ0n) is 11.4. The SMILES string of the molecule is CCCn1ccnc1CC(=O)c1cc2ccccc2o1. The molecular formula is C16H16N2O2. The van der Waals surface area contributed by atoms with Gasteiger partial charge in [-0.2, -0.15) is 0 Å². The highest BCUT2D eigenvalue weighted by molar-refractivity contribution is 5.98. The Balaban J connectivity index is 1.83. The molecule has 0 spiro atoms. The van der Waals surface area contributed by atoms with Gasteiger partial charge in [0.1, 0.15) is 11.4 Å². The molecule has 2 aromatic heterocycles. The van der Waals surface area contributed by atoms with Crippen LogP contribution in [-0.2, 0) is 13.0 Å². The standard InChI is InChI=1S/C16H16N2O2/c1-2-8-18-9-7-17-16(18)11-13(19)15-10-12-5-3-4-6-14(12)20-15/h3-7,9-10H,2,8,11H2,1H3. The second kappa shape index (κ2) is 5.33. The zero-order valence-corrected chi connectivity index (χ0v) is 11.4. The summed E-state index contributed by atoms with van der Waals surface area (Å²) >= 11 is 0. The minimum absolute atomic E-state index is 0.0373. The maximum atomic E-state index is 12.3. The molecule has 0 N–H and O–H groups in total. The number of ketones is 1. The van der Waals surface area contributed by atoms with Gasteiger partial charge in [0, 0.05) is 24.3 Å². The topological polar surface area (TPSA) is 48.0 Å². The highest BCUT2D eigenvalue weighted by atomic mass is 16.3. The summed E-state index contributed by atoms with van der Waals surface area (Å²) in [6.45, 7) is 2.98. The molecule has 0 saturated carbocycles. The number of carbonyl (C=O) groups is 1. The number of carbonyl (C=O) groups excluding carboxylic acids is 1.